The largest absolute Gasteiger partial charge is 0.352 e. The smallest absolute Gasteiger partial charge is 0.248 e. The molecule has 1 saturated carbocycles. The van der Waals surface area contributed by atoms with E-state index in [1.54, 1.807) is 0 Å². The van der Waals surface area contributed by atoms with Crippen LogP contribution in [-0.4, -0.2) is 17.9 Å². The minimum absolute atomic E-state index is 0.182. The molecule has 1 aliphatic rings. The predicted octanol–water partition coefficient (Wildman–Crippen LogP) is 1.84. The third-order valence-electron chi connectivity index (χ3n) is 2.65. The molecule has 5 heteroatoms. The van der Waals surface area contributed by atoms with Crippen molar-refractivity contribution in [1.82, 2.24) is 5.32 Å². The quantitative estimate of drug-likeness (QED) is 0.765. The number of hydrogen-bond donors (Lipinski definition) is 1. The maximum Gasteiger partial charge on any atom is 0.248 e. The first kappa shape index (κ1) is 11.9. The Balaban J connectivity index is 2.37. The summed E-state index contributed by atoms with van der Waals surface area (Å²) in [4.78, 5) is 11.3. The van der Waals surface area contributed by atoms with Crippen molar-refractivity contribution < 1.29 is 13.6 Å². The third kappa shape index (κ3) is 3.46. The molecule has 1 fully saturated rings. The Hall–Kier alpha value is -1.18. The number of carbonyl (C=O) groups is 1. The molecule has 84 valence electrons. The van der Waals surface area contributed by atoms with Crippen LogP contribution in [0, 0.1) is 17.2 Å². The van der Waals surface area contributed by atoms with E-state index in [1.807, 2.05) is 6.07 Å². The van der Waals surface area contributed by atoms with Gasteiger partial charge >= 0.3 is 0 Å². The molecule has 0 aromatic heterocycles. The van der Waals surface area contributed by atoms with Crippen LogP contribution in [0.25, 0.3) is 0 Å². The Morgan fingerprint density at radius 2 is 2.07 bits per heavy atom. The fourth-order valence-electron chi connectivity index (χ4n) is 1.57. The molecule has 0 aliphatic heterocycles. The molecule has 0 saturated heterocycles. The van der Waals surface area contributed by atoms with Crippen molar-refractivity contribution in [2.24, 2.45) is 5.92 Å². The third-order valence-corrected chi connectivity index (χ3v) is 2.65. The van der Waals surface area contributed by atoms with Crippen LogP contribution in [0.5, 0.6) is 0 Å². The highest BCUT2D eigenvalue weighted by Gasteiger charge is 2.35. The lowest BCUT2D eigenvalue weighted by molar-refractivity contribution is -0.124. The Kier molecular flexibility index (Phi) is 3.61. The standard InChI is InChI=1S/C10H14F2N2O/c1-7(6-13)9(15)14-8-2-4-10(11,12)5-3-8/h7-8H,2-5H2,1H3,(H,14,15)/t7-/m1/s1. The van der Waals surface area contributed by atoms with Crippen molar-refractivity contribution in [3.63, 3.8) is 0 Å². The fourth-order valence-corrected chi connectivity index (χ4v) is 1.57. The van der Waals surface area contributed by atoms with Crippen LogP contribution >= 0.6 is 0 Å². The van der Waals surface area contributed by atoms with E-state index in [2.05, 4.69) is 5.32 Å². The van der Waals surface area contributed by atoms with Crippen LogP contribution in [0.3, 0.4) is 0 Å². The van der Waals surface area contributed by atoms with Crippen LogP contribution in [0.15, 0.2) is 0 Å². The predicted molar refractivity (Wildman–Crippen MR) is 50.1 cm³/mol. The van der Waals surface area contributed by atoms with E-state index >= 15 is 0 Å². The van der Waals surface area contributed by atoms with Gasteiger partial charge in [0.15, 0.2) is 0 Å². The number of amides is 1. The summed E-state index contributed by atoms with van der Waals surface area (Å²) in [7, 11) is 0. The summed E-state index contributed by atoms with van der Waals surface area (Å²) in [5.74, 6) is -3.66. The van der Waals surface area contributed by atoms with Gasteiger partial charge < -0.3 is 5.32 Å². The normalized spacial score (nSPS) is 22.8. The van der Waals surface area contributed by atoms with Gasteiger partial charge in [-0.15, -0.1) is 0 Å². The molecule has 0 bridgehead atoms. The highest BCUT2D eigenvalue weighted by molar-refractivity contribution is 5.80. The van der Waals surface area contributed by atoms with E-state index in [1.165, 1.54) is 6.92 Å². The molecule has 0 aromatic rings. The van der Waals surface area contributed by atoms with E-state index in [9.17, 15) is 13.6 Å². The van der Waals surface area contributed by atoms with E-state index in [0.717, 1.165) is 0 Å². The zero-order valence-corrected chi connectivity index (χ0v) is 8.59. The summed E-state index contributed by atoms with van der Waals surface area (Å²) in [5.41, 5.74) is 0. The Morgan fingerprint density at radius 3 is 2.53 bits per heavy atom. The first-order valence-corrected chi connectivity index (χ1v) is 5.02. The van der Waals surface area contributed by atoms with Gasteiger partial charge in [0.25, 0.3) is 0 Å². The molecule has 1 aliphatic carbocycles. The summed E-state index contributed by atoms with van der Waals surface area (Å²) < 4.78 is 25.5. The summed E-state index contributed by atoms with van der Waals surface area (Å²) in [6.07, 6.45) is 0.214. The molecule has 0 spiro atoms. The molecular weight excluding hydrogens is 202 g/mol. The Labute approximate surface area is 87.5 Å². The van der Waals surface area contributed by atoms with Crippen LogP contribution in [-0.2, 0) is 4.79 Å². The SMILES string of the molecule is C[C@H](C#N)C(=O)NC1CCC(F)(F)CC1. The number of halogens is 2. The van der Waals surface area contributed by atoms with Crippen LogP contribution in [0.4, 0.5) is 8.78 Å². The van der Waals surface area contributed by atoms with Gasteiger partial charge in [0, 0.05) is 18.9 Å². The number of carbonyl (C=O) groups excluding carboxylic acids is 1. The van der Waals surface area contributed by atoms with Gasteiger partial charge in [-0.3, -0.25) is 4.79 Å². The van der Waals surface area contributed by atoms with Crippen molar-refractivity contribution in [3.8, 4) is 6.07 Å². The first-order valence-electron chi connectivity index (χ1n) is 5.02. The second kappa shape index (κ2) is 4.56. The van der Waals surface area contributed by atoms with Gasteiger partial charge in [-0.2, -0.15) is 5.26 Å². The monoisotopic (exact) mass is 216 g/mol. The van der Waals surface area contributed by atoms with Gasteiger partial charge in [-0.1, -0.05) is 0 Å². The number of hydrogen-bond acceptors (Lipinski definition) is 2. The molecule has 0 heterocycles. The second-order valence-electron chi connectivity index (χ2n) is 3.99. The average molecular weight is 216 g/mol. The molecular formula is C10H14F2N2O. The highest BCUT2D eigenvalue weighted by Crippen LogP contribution is 2.32. The van der Waals surface area contributed by atoms with Gasteiger partial charge in [0.1, 0.15) is 5.92 Å². The highest BCUT2D eigenvalue weighted by atomic mass is 19.3. The van der Waals surface area contributed by atoms with Gasteiger partial charge in [0.2, 0.25) is 11.8 Å². The fraction of sp³-hybridized carbons (Fsp3) is 0.800. The van der Waals surface area contributed by atoms with Crippen LogP contribution < -0.4 is 5.32 Å². The van der Waals surface area contributed by atoms with Crippen molar-refractivity contribution >= 4 is 5.91 Å². The molecule has 0 unspecified atom stereocenters. The lowest BCUT2D eigenvalue weighted by atomic mass is 9.92. The lowest BCUT2D eigenvalue weighted by Crippen LogP contribution is -2.42. The Morgan fingerprint density at radius 1 is 1.53 bits per heavy atom. The molecule has 1 atom stereocenters. The minimum atomic E-state index is -2.58. The number of nitrogens with zero attached hydrogens (tertiary/aromatic N) is 1. The summed E-state index contributed by atoms with van der Waals surface area (Å²) in [6, 6.07) is 1.61. The average Bonchev–Trinajstić information content (AvgIpc) is 2.20. The summed E-state index contributed by atoms with van der Waals surface area (Å²) in [6.45, 7) is 1.49. The van der Waals surface area contributed by atoms with Crippen LogP contribution in [0.2, 0.25) is 0 Å². The minimum Gasteiger partial charge on any atom is -0.352 e. The lowest BCUT2D eigenvalue weighted by Gasteiger charge is -2.29. The van der Waals surface area contributed by atoms with Gasteiger partial charge in [-0.05, 0) is 19.8 Å². The molecule has 15 heavy (non-hydrogen) atoms. The molecule has 3 nitrogen and oxygen atoms in total. The molecule has 0 radical (unpaired) electrons. The summed E-state index contributed by atoms with van der Waals surface area (Å²) in [5, 5.41) is 11.1. The summed E-state index contributed by atoms with van der Waals surface area (Å²) >= 11 is 0. The zero-order chi connectivity index (χ0) is 11.5. The van der Waals surface area contributed by atoms with E-state index in [-0.39, 0.29) is 37.6 Å². The van der Waals surface area contributed by atoms with Crippen LogP contribution in [0.1, 0.15) is 32.6 Å². The first-order chi connectivity index (χ1) is 6.94. The van der Waals surface area contributed by atoms with E-state index in [4.69, 9.17) is 5.26 Å². The molecule has 0 aromatic carbocycles. The van der Waals surface area contributed by atoms with Crippen molar-refractivity contribution in [2.75, 3.05) is 0 Å². The maximum absolute atomic E-state index is 12.8. The van der Waals surface area contributed by atoms with Crippen molar-refractivity contribution in [2.45, 2.75) is 44.6 Å². The molecule has 1 amide bonds. The topological polar surface area (TPSA) is 52.9 Å². The number of nitrogens with one attached hydrogen (secondary N) is 1. The second-order valence-corrected chi connectivity index (χ2v) is 3.99. The van der Waals surface area contributed by atoms with E-state index in [0.29, 0.717) is 0 Å². The van der Waals surface area contributed by atoms with Crippen molar-refractivity contribution in [3.05, 3.63) is 0 Å². The zero-order valence-electron chi connectivity index (χ0n) is 8.59. The van der Waals surface area contributed by atoms with E-state index < -0.39 is 11.8 Å². The van der Waals surface area contributed by atoms with Gasteiger partial charge in [0.05, 0.1) is 6.07 Å². The maximum atomic E-state index is 12.8. The number of alkyl halides is 2. The number of rotatable bonds is 2. The number of nitriles is 1. The van der Waals surface area contributed by atoms with Crippen molar-refractivity contribution in [1.29, 1.82) is 5.26 Å². The molecule has 1 rings (SSSR count). The Bertz CT molecular complexity index is 276. The molecule has 1 N–H and O–H groups in total. The van der Waals surface area contributed by atoms with Gasteiger partial charge in [-0.25, -0.2) is 8.78 Å².